The first kappa shape index (κ1) is 30.2. The molecule has 2 amide bonds. The van der Waals surface area contributed by atoms with Crippen LogP contribution in [-0.4, -0.2) is 44.0 Å². The highest BCUT2D eigenvalue weighted by Crippen LogP contribution is 2.68. The van der Waals surface area contributed by atoms with E-state index in [1.165, 1.54) is 57.6 Å². The van der Waals surface area contributed by atoms with Crippen molar-refractivity contribution in [2.24, 2.45) is 46.2 Å². The number of nitrogens with two attached hydrogens (primary N) is 1. The number of rotatable bonds is 9. The fraction of sp³-hybridized carbons (Fsp3) is 0.875. The average Bonchev–Trinajstić information content (AvgIpc) is 3.25. The van der Waals surface area contributed by atoms with E-state index in [2.05, 4.69) is 56.1 Å². The Balaban J connectivity index is 1.37. The molecule has 3 saturated carbocycles. The summed E-state index contributed by atoms with van der Waals surface area (Å²) in [5.74, 6) is 3.45. The number of fused-ring (bicyclic) bond motifs is 5. The number of ether oxygens (including phenoxy) is 2. The fourth-order valence-electron chi connectivity index (χ4n) is 9.56. The minimum atomic E-state index is -0.510. The van der Waals surface area contributed by atoms with E-state index in [1.54, 1.807) is 0 Å². The summed E-state index contributed by atoms with van der Waals surface area (Å²) < 4.78 is 10.3. The van der Waals surface area contributed by atoms with Crippen molar-refractivity contribution in [1.29, 1.82) is 0 Å². The molecule has 8 unspecified atom stereocenters. The molecule has 0 spiro atoms. The number of alkyl carbamates (subject to hydrolysis) is 2. The smallest absolute Gasteiger partial charge is 0.407 e. The first-order valence-electron chi connectivity index (χ1n) is 15.7. The van der Waals surface area contributed by atoms with Crippen LogP contribution in [0.1, 0.15) is 105 Å². The van der Waals surface area contributed by atoms with Crippen LogP contribution < -0.4 is 16.4 Å². The van der Waals surface area contributed by atoms with Crippen molar-refractivity contribution < 1.29 is 19.1 Å². The van der Waals surface area contributed by atoms with E-state index in [-0.39, 0.29) is 17.1 Å². The summed E-state index contributed by atoms with van der Waals surface area (Å²) >= 11 is 0. The van der Waals surface area contributed by atoms with Crippen LogP contribution in [0.15, 0.2) is 11.6 Å². The molecule has 0 aromatic heterocycles. The lowest BCUT2D eigenvalue weighted by molar-refractivity contribution is -0.0744. The zero-order valence-corrected chi connectivity index (χ0v) is 25.4. The predicted octanol–water partition coefficient (Wildman–Crippen LogP) is 6.56. The van der Waals surface area contributed by atoms with Gasteiger partial charge in [-0.05, 0) is 85.4 Å². The van der Waals surface area contributed by atoms with Gasteiger partial charge in [0.2, 0.25) is 0 Å². The summed E-state index contributed by atoms with van der Waals surface area (Å²) in [6.45, 7) is 12.8. The lowest BCUT2D eigenvalue weighted by Gasteiger charge is -2.63. The van der Waals surface area contributed by atoms with Crippen molar-refractivity contribution in [2.75, 3.05) is 20.2 Å². The summed E-state index contributed by atoms with van der Waals surface area (Å²) in [5.41, 5.74) is 9.33. The fourth-order valence-corrected chi connectivity index (χ4v) is 9.56. The highest BCUT2D eigenvalue weighted by atomic mass is 16.6. The van der Waals surface area contributed by atoms with Gasteiger partial charge in [0.15, 0.2) is 0 Å². The molecule has 7 nitrogen and oxygen atoms in total. The molecule has 4 aliphatic rings. The van der Waals surface area contributed by atoms with Crippen LogP contribution >= 0.6 is 0 Å². The second-order valence-corrected chi connectivity index (χ2v) is 14.2. The zero-order chi connectivity index (χ0) is 28.4. The Morgan fingerprint density at radius 2 is 1.72 bits per heavy atom. The molecule has 39 heavy (non-hydrogen) atoms. The Morgan fingerprint density at radius 1 is 1.00 bits per heavy atom. The van der Waals surface area contributed by atoms with Crippen LogP contribution in [-0.2, 0) is 9.47 Å². The molecular weight excluding hydrogens is 490 g/mol. The van der Waals surface area contributed by atoms with E-state index in [0.29, 0.717) is 30.3 Å². The molecular formula is C32H55N3O4. The minimum absolute atomic E-state index is 0.0933. The van der Waals surface area contributed by atoms with Crippen LogP contribution in [0, 0.1) is 40.4 Å². The van der Waals surface area contributed by atoms with Crippen molar-refractivity contribution in [3.63, 3.8) is 0 Å². The number of hydrogen-bond donors (Lipinski definition) is 3. The van der Waals surface area contributed by atoms with E-state index in [1.807, 2.05) is 0 Å². The third-order valence-electron chi connectivity index (χ3n) is 11.6. The molecule has 0 bridgehead atoms. The predicted molar refractivity (Wildman–Crippen MR) is 155 cm³/mol. The standard InChI is InChI=1S/C32H55N3O4/c1-21(2)8-7-9-22(3)25-10-11-26-31(25,5)16-14-27-30(4)15-13-24(20-23(30)12-17-32(26,27)33)39-29(37)35-19-18-34-28(36)38-6/h12,21-22,24-27H,7-11,13-20,33H2,1-6H3,(H,34,36)(H,35,37). The Hall–Kier alpha value is -1.76. The molecule has 0 radical (unpaired) electrons. The van der Waals surface area contributed by atoms with Gasteiger partial charge < -0.3 is 25.8 Å². The van der Waals surface area contributed by atoms with Gasteiger partial charge in [0.1, 0.15) is 6.10 Å². The highest BCUT2D eigenvalue weighted by Gasteiger charge is 2.64. The molecule has 0 aromatic rings. The summed E-state index contributed by atoms with van der Waals surface area (Å²) in [6.07, 6.45) is 14.2. The first-order chi connectivity index (χ1) is 18.4. The second-order valence-electron chi connectivity index (χ2n) is 14.2. The number of amides is 2. The molecule has 0 saturated heterocycles. The van der Waals surface area contributed by atoms with Gasteiger partial charge in [0, 0.05) is 25.0 Å². The van der Waals surface area contributed by atoms with Gasteiger partial charge >= 0.3 is 12.2 Å². The van der Waals surface area contributed by atoms with E-state index in [4.69, 9.17) is 10.5 Å². The molecule has 0 aliphatic heterocycles. The zero-order valence-electron chi connectivity index (χ0n) is 25.4. The Bertz CT molecular complexity index is 921. The SMILES string of the molecule is COC(=O)NCCNC(=O)OC1CCC2(C)C(=CCC3(N)C2CCC2(C)C(C(C)CCCC(C)C)CCC23)C1. The monoisotopic (exact) mass is 545 g/mol. The van der Waals surface area contributed by atoms with Gasteiger partial charge in [-0.1, -0.05) is 65.5 Å². The van der Waals surface area contributed by atoms with Crippen LogP contribution in [0.25, 0.3) is 0 Å². The molecule has 4 aliphatic carbocycles. The number of nitrogens with one attached hydrogen (secondary N) is 2. The minimum Gasteiger partial charge on any atom is -0.453 e. The Labute approximate surface area is 236 Å². The molecule has 4 N–H and O–H groups in total. The average molecular weight is 546 g/mol. The number of carbonyl (C=O) groups excluding carboxylic acids is 2. The van der Waals surface area contributed by atoms with Crippen molar-refractivity contribution in [1.82, 2.24) is 10.6 Å². The van der Waals surface area contributed by atoms with Crippen molar-refractivity contribution in [3.05, 3.63) is 11.6 Å². The van der Waals surface area contributed by atoms with Crippen LogP contribution in [0.3, 0.4) is 0 Å². The van der Waals surface area contributed by atoms with Crippen LogP contribution in [0.4, 0.5) is 9.59 Å². The van der Waals surface area contributed by atoms with Gasteiger partial charge in [0.05, 0.1) is 7.11 Å². The number of hydrogen-bond acceptors (Lipinski definition) is 5. The summed E-state index contributed by atoms with van der Waals surface area (Å²) in [7, 11) is 1.31. The molecule has 0 aromatic carbocycles. The molecule has 222 valence electrons. The highest BCUT2D eigenvalue weighted by molar-refractivity contribution is 5.68. The normalized spacial score (nSPS) is 38.1. The summed E-state index contributed by atoms with van der Waals surface area (Å²) in [4.78, 5) is 23.5. The molecule has 8 atom stereocenters. The van der Waals surface area contributed by atoms with Crippen LogP contribution in [0.2, 0.25) is 0 Å². The molecule has 3 fully saturated rings. The van der Waals surface area contributed by atoms with E-state index in [9.17, 15) is 9.59 Å². The Morgan fingerprint density at radius 3 is 2.41 bits per heavy atom. The maximum absolute atomic E-state index is 12.4. The third-order valence-corrected chi connectivity index (χ3v) is 11.6. The van der Waals surface area contributed by atoms with Gasteiger partial charge in [-0.25, -0.2) is 9.59 Å². The number of methoxy groups -OCH3 is 1. The first-order valence-corrected chi connectivity index (χ1v) is 15.7. The second kappa shape index (κ2) is 12.0. The Kier molecular flexibility index (Phi) is 9.29. The molecule has 0 heterocycles. The topological polar surface area (TPSA) is 103 Å². The lowest BCUT2D eigenvalue weighted by Crippen LogP contribution is -2.66. The van der Waals surface area contributed by atoms with E-state index < -0.39 is 12.2 Å². The van der Waals surface area contributed by atoms with Crippen molar-refractivity contribution in [2.45, 2.75) is 117 Å². The van der Waals surface area contributed by atoms with E-state index >= 15 is 0 Å². The van der Waals surface area contributed by atoms with Gasteiger partial charge in [0.25, 0.3) is 0 Å². The van der Waals surface area contributed by atoms with Crippen molar-refractivity contribution >= 4 is 12.2 Å². The van der Waals surface area contributed by atoms with Gasteiger partial charge in [-0.2, -0.15) is 0 Å². The number of carbonyl (C=O) groups is 2. The quantitative estimate of drug-likeness (QED) is 0.225. The summed E-state index contributed by atoms with van der Waals surface area (Å²) in [5, 5.41) is 5.28. The summed E-state index contributed by atoms with van der Waals surface area (Å²) in [6, 6.07) is 0. The van der Waals surface area contributed by atoms with Crippen molar-refractivity contribution in [3.8, 4) is 0 Å². The van der Waals surface area contributed by atoms with Gasteiger partial charge in [-0.3, -0.25) is 0 Å². The van der Waals surface area contributed by atoms with Gasteiger partial charge in [-0.15, -0.1) is 0 Å². The lowest BCUT2D eigenvalue weighted by atomic mass is 9.44. The van der Waals surface area contributed by atoms with Crippen LogP contribution in [0.5, 0.6) is 0 Å². The maximum Gasteiger partial charge on any atom is 0.407 e. The third kappa shape index (κ3) is 5.99. The largest absolute Gasteiger partial charge is 0.453 e. The molecule has 7 heteroatoms. The van der Waals surface area contributed by atoms with E-state index in [0.717, 1.165) is 43.4 Å². The maximum atomic E-state index is 12.4. The molecule has 4 rings (SSSR count).